The van der Waals surface area contributed by atoms with Crippen LogP contribution in [0.2, 0.25) is 0 Å². The van der Waals surface area contributed by atoms with Crippen molar-refractivity contribution in [3.05, 3.63) is 18.2 Å². The van der Waals surface area contributed by atoms with E-state index in [0.717, 1.165) is 12.8 Å². The van der Waals surface area contributed by atoms with E-state index in [4.69, 9.17) is 14.2 Å². The van der Waals surface area contributed by atoms with Gasteiger partial charge >= 0.3 is 0 Å². The Kier molecular flexibility index (Phi) is 3.82. The fraction of sp³-hybridized carbons (Fsp3) is 0.538. The van der Waals surface area contributed by atoms with Gasteiger partial charge in [-0.25, -0.2) is 13.1 Å². The first-order valence-corrected chi connectivity index (χ1v) is 8.14. The van der Waals surface area contributed by atoms with Crippen LogP contribution in [-0.2, 0) is 14.8 Å². The molecule has 0 saturated carbocycles. The van der Waals surface area contributed by atoms with E-state index in [0.29, 0.717) is 37.9 Å². The normalized spacial score (nSPS) is 21.9. The van der Waals surface area contributed by atoms with E-state index in [1.165, 1.54) is 12.1 Å². The van der Waals surface area contributed by atoms with Crippen molar-refractivity contribution in [1.29, 1.82) is 0 Å². The third-order valence-electron chi connectivity index (χ3n) is 3.35. The van der Waals surface area contributed by atoms with E-state index >= 15 is 0 Å². The van der Waals surface area contributed by atoms with Gasteiger partial charge in [0.05, 0.1) is 11.0 Å². The summed E-state index contributed by atoms with van der Waals surface area (Å²) in [6, 6.07) is 4.63. The highest BCUT2D eigenvalue weighted by Crippen LogP contribution is 2.32. The molecule has 20 heavy (non-hydrogen) atoms. The SMILES string of the molecule is O=S(=O)(NC[C@@H]1CCCO1)c1ccc2c(c1)OCCO2. The predicted octanol–water partition coefficient (Wildman–Crippen LogP) is 0.915. The summed E-state index contributed by atoms with van der Waals surface area (Å²) in [6.07, 6.45) is 1.85. The Bertz CT molecular complexity index is 580. The molecule has 110 valence electrons. The molecule has 1 aromatic rings. The first kappa shape index (κ1) is 13.7. The van der Waals surface area contributed by atoms with Gasteiger partial charge in [0.1, 0.15) is 13.2 Å². The first-order chi connectivity index (χ1) is 9.65. The van der Waals surface area contributed by atoms with Crippen LogP contribution < -0.4 is 14.2 Å². The molecule has 1 fully saturated rings. The van der Waals surface area contributed by atoms with Crippen molar-refractivity contribution in [2.45, 2.75) is 23.8 Å². The fourth-order valence-corrected chi connectivity index (χ4v) is 3.36. The minimum absolute atomic E-state index is 0.0259. The Labute approximate surface area is 118 Å². The molecule has 0 aromatic heterocycles. The number of hydrogen-bond donors (Lipinski definition) is 1. The second-order valence-corrected chi connectivity index (χ2v) is 6.56. The Morgan fingerprint density at radius 3 is 2.70 bits per heavy atom. The first-order valence-electron chi connectivity index (χ1n) is 6.66. The quantitative estimate of drug-likeness (QED) is 0.895. The minimum Gasteiger partial charge on any atom is -0.486 e. The molecule has 1 atom stereocenters. The highest BCUT2D eigenvalue weighted by atomic mass is 32.2. The number of fused-ring (bicyclic) bond motifs is 1. The van der Waals surface area contributed by atoms with Crippen LogP contribution in [0.4, 0.5) is 0 Å². The van der Waals surface area contributed by atoms with Gasteiger partial charge in [0.25, 0.3) is 0 Å². The van der Waals surface area contributed by atoms with Crippen molar-refractivity contribution >= 4 is 10.0 Å². The Hall–Kier alpha value is -1.31. The second kappa shape index (κ2) is 5.59. The lowest BCUT2D eigenvalue weighted by Crippen LogP contribution is -2.31. The molecule has 3 rings (SSSR count). The summed E-state index contributed by atoms with van der Waals surface area (Å²) in [5, 5.41) is 0. The number of benzene rings is 1. The van der Waals surface area contributed by atoms with Gasteiger partial charge in [-0.05, 0) is 25.0 Å². The second-order valence-electron chi connectivity index (χ2n) is 4.79. The van der Waals surface area contributed by atoms with Gasteiger partial charge in [0.15, 0.2) is 11.5 Å². The minimum atomic E-state index is -3.55. The molecule has 1 N–H and O–H groups in total. The standard InChI is InChI=1S/C13H17NO5S/c15-20(16,14-9-10-2-1-5-17-10)11-3-4-12-13(8-11)19-7-6-18-12/h3-4,8,10,14H,1-2,5-7,9H2/t10-/m0/s1. The van der Waals surface area contributed by atoms with Crippen LogP contribution in [0.25, 0.3) is 0 Å². The third kappa shape index (κ3) is 2.89. The van der Waals surface area contributed by atoms with Gasteiger partial charge in [-0.1, -0.05) is 0 Å². The summed E-state index contributed by atoms with van der Waals surface area (Å²) >= 11 is 0. The monoisotopic (exact) mass is 299 g/mol. The summed E-state index contributed by atoms with van der Waals surface area (Å²) in [5.74, 6) is 1.05. The van der Waals surface area contributed by atoms with Crippen LogP contribution in [0.3, 0.4) is 0 Å². The molecule has 0 amide bonds. The third-order valence-corrected chi connectivity index (χ3v) is 4.77. The summed E-state index contributed by atoms with van der Waals surface area (Å²) in [6.45, 7) is 1.92. The van der Waals surface area contributed by atoms with Crippen molar-refractivity contribution in [1.82, 2.24) is 4.72 Å². The lowest BCUT2D eigenvalue weighted by atomic mass is 10.2. The van der Waals surface area contributed by atoms with Gasteiger partial charge in [-0.15, -0.1) is 0 Å². The van der Waals surface area contributed by atoms with Crippen LogP contribution in [-0.4, -0.2) is 40.9 Å². The Balaban J connectivity index is 1.73. The van der Waals surface area contributed by atoms with Gasteiger partial charge in [-0.2, -0.15) is 0 Å². The summed E-state index contributed by atoms with van der Waals surface area (Å²) in [5.41, 5.74) is 0. The molecule has 2 heterocycles. The van der Waals surface area contributed by atoms with Gasteiger partial charge in [0.2, 0.25) is 10.0 Å². The zero-order valence-electron chi connectivity index (χ0n) is 11.0. The van der Waals surface area contributed by atoms with Gasteiger partial charge in [0, 0.05) is 19.2 Å². The number of rotatable bonds is 4. The van der Waals surface area contributed by atoms with E-state index < -0.39 is 10.0 Å². The maximum absolute atomic E-state index is 12.2. The topological polar surface area (TPSA) is 73.9 Å². The smallest absolute Gasteiger partial charge is 0.240 e. The van der Waals surface area contributed by atoms with Crippen LogP contribution in [0.5, 0.6) is 11.5 Å². The van der Waals surface area contributed by atoms with E-state index in [2.05, 4.69) is 4.72 Å². The van der Waals surface area contributed by atoms with Gasteiger partial charge < -0.3 is 14.2 Å². The zero-order chi connectivity index (χ0) is 14.0. The lowest BCUT2D eigenvalue weighted by Gasteiger charge is -2.19. The number of sulfonamides is 1. The molecular weight excluding hydrogens is 282 g/mol. The van der Waals surface area contributed by atoms with Crippen molar-refractivity contribution in [3.8, 4) is 11.5 Å². The van der Waals surface area contributed by atoms with Crippen LogP contribution >= 0.6 is 0 Å². The van der Waals surface area contributed by atoms with E-state index in [1.807, 2.05) is 0 Å². The molecule has 1 saturated heterocycles. The molecule has 6 nitrogen and oxygen atoms in total. The summed E-state index contributed by atoms with van der Waals surface area (Å²) in [7, 11) is -3.55. The average Bonchev–Trinajstić information content (AvgIpc) is 2.98. The van der Waals surface area contributed by atoms with Gasteiger partial charge in [-0.3, -0.25) is 0 Å². The average molecular weight is 299 g/mol. The largest absolute Gasteiger partial charge is 0.486 e. The molecule has 2 aliphatic rings. The Morgan fingerprint density at radius 1 is 1.15 bits per heavy atom. The lowest BCUT2D eigenvalue weighted by molar-refractivity contribution is 0.114. The zero-order valence-corrected chi connectivity index (χ0v) is 11.8. The van der Waals surface area contributed by atoms with Crippen molar-refractivity contribution in [3.63, 3.8) is 0 Å². The molecule has 7 heteroatoms. The molecule has 1 aromatic carbocycles. The van der Waals surface area contributed by atoms with E-state index in [-0.39, 0.29) is 11.0 Å². The molecule has 2 aliphatic heterocycles. The molecule has 0 bridgehead atoms. The summed E-state index contributed by atoms with van der Waals surface area (Å²) < 4.78 is 43.2. The van der Waals surface area contributed by atoms with E-state index in [1.54, 1.807) is 6.07 Å². The number of ether oxygens (including phenoxy) is 3. The molecular formula is C13H17NO5S. The highest BCUT2D eigenvalue weighted by Gasteiger charge is 2.22. The van der Waals surface area contributed by atoms with Crippen molar-refractivity contribution < 1.29 is 22.6 Å². The highest BCUT2D eigenvalue weighted by molar-refractivity contribution is 7.89. The van der Waals surface area contributed by atoms with Crippen molar-refractivity contribution in [2.24, 2.45) is 0 Å². The van der Waals surface area contributed by atoms with Crippen LogP contribution in [0, 0.1) is 0 Å². The van der Waals surface area contributed by atoms with E-state index in [9.17, 15) is 8.42 Å². The summed E-state index contributed by atoms with van der Waals surface area (Å²) in [4.78, 5) is 0.180. The molecule has 0 unspecified atom stereocenters. The van der Waals surface area contributed by atoms with Crippen LogP contribution in [0.15, 0.2) is 23.1 Å². The fourth-order valence-electron chi connectivity index (χ4n) is 2.28. The molecule has 0 spiro atoms. The number of nitrogens with one attached hydrogen (secondary N) is 1. The predicted molar refractivity (Wildman–Crippen MR) is 71.6 cm³/mol. The Morgan fingerprint density at radius 2 is 1.95 bits per heavy atom. The molecule has 0 radical (unpaired) electrons. The maximum atomic E-state index is 12.2. The van der Waals surface area contributed by atoms with Crippen molar-refractivity contribution in [2.75, 3.05) is 26.4 Å². The molecule has 0 aliphatic carbocycles. The van der Waals surface area contributed by atoms with Crippen LogP contribution in [0.1, 0.15) is 12.8 Å². The maximum Gasteiger partial charge on any atom is 0.240 e. The number of hydrogen-bond acceptors (Lipinski definition) is 5.